The number of hydrogen-bond acceptors (Lipinski definition) is 0. The van der Waals surface area contributed by atoms with Crippen molar-refractivity contribution in [2.75, 3.05) is 0 Å². The van der Waals surface area contributed by atoms with Crippen LogP contribution in [-0.2, 0) is 72.1 Å². The molecule has 18 valence electrons. The van der Waals surface area contributed by atoms with Crippen LogP contribution in [0, 0.1) is 0 Å². The van der Waals surface area contributed by atoms with Gasteiger partial charge in [0.2, 0.25) is 0 Å². The van der Waals surface area contributed by atoms with Crippen molar-refractivity contribution in [3.8, 4) is 0 Å². The Bertz CT molecular complexity index is 6.00. The van der Waals surface area contributed by atoms with E-state index in [0.717, 1.165) is 0 Å². The number of hydrogen-bond donors (Lipinski definition) is 0. The zero-order valence-corrected chi connectivity index (χ0v) is 12.1. The summed E-state index contributed by atoms with van der Waals surface area (Å²) in [7, 11) is 0. The number of rotatable bonds is 0. The van der Waals surface area contributed by atoms with Gasteiger partial charge >= 0.3 is 25.8 Å². The molecule has 0 aliphatic heterocycles. The summed E-state index contributed by atoms with van der Waals surface area (Å²) in [6, 6.07) is 0. The van der Waals surface area contributed by atoms with E-state index in [1.165, 1.54) is 0 Å². The van der Waals surface area contributed by atoms with Gasteiger partial charge in [-0.3, -0.25) is 0 Å². The molecule has 0 saturated carbocycles. The molecular weight excluding hydrogens is 589 g/mol. The average molecular weight is 592 g/mol. The van der Waals surface area contributed by atoms with Crippen LogP contribution in [0.3, 0.4) is 0 Å². The summed E-state index contributed by atoms with van der Waals surface area (Å²) in [6.07, 6.45) is 0. The standard InChI is InChI=1S/Cd.In.2Ta.3H. The smallest absolute Gasteiger partial charge is 0 e. The molecule has 0 aromatic heterocycles. The summed E-state index contributed by atoms with van der Waals surface area (Å²) in [5.41, 5.74) is 0. The SMILES string of the molecule is [Cd].[InH3].[Ta].[Ta]. The van der Waals surface area contributed by atoms with E-state index in [0.29, 0.717) is 0 Å². The molecule has 4 heteroatoms. The minimum absolute atomic E-state index is 0. The van der Waals surface area contributed by atoms with E-state index < -0.39 is 0 Å². The van der Waals surface area contributed by atoms with E-state index in [4.69, 9.17) is 0 Å². The Morgan fingerprint density at radius 1 is 0.750 bits per heavy atom. The van der Waals surface area contributed by atoms with Crippen molar-refractivity contribution in [2.24, 2.45) is 0 Å². The first-order valence-corrected chi connectivity index (χ1v) is 0. The monoisotopic (exact) mass is 594 g/mol. The van der Waals surface area contributed by atoms with Crippen molar-refractivity contribution in [3.63, 3.8) is 0 Å². The van der Waals surface area contributed by atoms with Gasteiger partial charge in [0.1, 0.15) is 0 Å². The zero-order valence-electron chi connectivity index (χ0n) is 1.60. The summed E-state index contributed by atoms with van der Waals surface area (Å²) < 4.78 is 0. The van der Waals surface area contributed by atoms with Crippen LogP contribution in [-0.4, -0.2) is 25.8 Å². The van der Waals surface area contributed by atoms with Gasteiger partial charge in [0.05, 0.1) is 0 Å². The second-order valence-corrected chi connectivity index (χ2v) is 0. The first-order chi connectivity index (χ1) is 0. The molecule has 0 unspecified atom stereocenters. The van der Waals surface area contributed by atoms with Crippen LogP contribution in [0.15, 0.2) is 0 Å². The zero-order chi connectivity index (χ0) is 0. The van der Waals surface area contributed by atoms with Gasteiger partial charge in [-0.15, -0.1) is 0 Å². The molecule has 0 aliphatic carbocycles. The summed E-state index contributed by atoms with van der Waals surface area (Å²) >= 11 is 0. The molecule has 0 spiro atoms. The van der Waals surface area contributed by atoms with Gasteiger partial charge in [0, 0.05) is 72.1 Å². The first-order valence-electron chi connectivity index (χ1n) is 0. The van der Waals surface area contributed by atoms with Crippen molar-refractivity contribution in [1.82, 2.24) is 0 Å². The fourth-order valence-electron chi connectivity index (χ4n) is 0. The summed E-state index contributed by atoms with van der Waals surface area (Å²) in [4.78, 5) is 0. The Hall–Kier alpha value is 3.27. The van der Waals surface area contributed by atoms with E-state index in [9.17, 15) is 0 Å². The van der Waals surface area contributed by atoms with E-state index in [-0.39, 0.29) is 97.9 Å². The Morgan fingerprint density at radius 3 is 0.750 bits per heavy atom. The molecule has 0 aromatic rings. The van der Waals surface area contributed by atoms with Gasteiger partial charge in [-0.05, 0) is 0 Å². The molecule has 4 heavy (non-hydrogen) atoms. The maximum absolute atomic E-state index is 0. The molecular formula is H3CdInTa2. The maximum atomic E-state index is 0. The van der Waals surface area contributed by atoms with E-state index in [2.05, 4.69) is 0 Å². The largest absolute Gasteiger partial charge is 0 e. The van der Waals surface area contributed by atoms with Crippen molar-refractivity contribution in [3.05, 3.63) is 0 Å². The van der Waals surface area contributed by atoms with Crippen LogP contribution in [0.25, 0.3) is 0 Å². The molecule has 0 bridgehead atoms. The average Bonchev–Trinajstić information content (AvgIpc) is 0. The van der Waals surface area contributed by atoms with Gasteiger partial charge in [0.25, 0.3) is 0 Å². The quantitative estimate of drug-likeness (QED) is 0.311. The second-order valence-electron chi connectivity index (χ2n) is 0. The molecule has 0 atom stereocenters. The van der Waals surface area contributed by atoms with Crippen molar-refractivity contribution in [1.29, 1.82) is 0 Å². The van der Waals surface area contributed by atoms with E-state index in [1.54, 1.807) is 0 Å². The Morgan fingerprint density at radius 2 is 0.750 bits per heavy atom. The van der Waals surface area contributed by atoms with Gasteiger partial charge in [-0.2, -0.15) is 0 Å². The molecule has 0 aromatic carbocycles. The van der Waals surface area contributed by atoms with Crippen LogP contribution < -0.4 is 0 Å². The van der Waals surface area contributed by atoms with Crippen LogP contribution in [0.4, 0.5) is 0 Å². The molecule has 0 rings (SSSR count). The third-order valence-corrected chi connectivity index (χ3v) is 0. The van der Waals surface area contributed by atoms with Gasteiger partial charge in [-0.1, -0.05) is 0 Å². The molecule has 0 aliphatic rings. The van der Waals surface area contributed by atoms with Gasteiger partial charge in [-0.25, -0.2) is 0 Å². The minimum Gasteiger partial charge on any atom is 0 e. The summed E-state index contributed by atoms with van der Waals surface area (Å²) in [6.45, 7) is 0. The molecule has 2 radical (unpaired) electrons. The van der Waals surface area contributed by atoms with Gasteiger partial charge in [0.15, 0.2) is 0 Å². The third-order valence-electron chi connectivity index (χ3n) is 0. The summed E-state index contributed by atoms with van der Waals surface area (Å²) in [5.74, 6) is 0. The topological polar surface area (TPSA) is 0 Å². The predicted octanol–water partition coefficient (Wildman–Crippen LogP) is -1.19. The van der Waals surface area contributed by atoms with E-state index in [1.807, 2.05) is 0 Å². The molecule has 0 fully saturated rings. The molecule has 0 heterocycles. The van der Waals surface area contributed by atoms with Crippen LogP contribution in [0.5, 0.6) is 0 Å². The minimum atomic E-state index is 0. The first kappa shape index (κ1) is 26.7. The van der Waals surface area contributed by atoms with Crippen LogP contribution in [0.2, 0.25) is 0 Å². The molecule has 0 saturated heterocycles. The van der Waals surface area contributed by atoms with Crippen LogP contribution in [0.1, 0.15) is 0 Å². The fourth-order valence-corrected chi connectivity index (χ4v) is 0. The van der Waals surface area contributed by atoms with Crippen molar-refractivity contribution >= 4 is 25.8 Å². The summed E-state index contributed by atoms with van der Waals surface area (Å²) in [5, 5.41) is 0. The molecule has 0 N–H and O–H groups in total. The second kappa shape index (κ2) is 16.3. The Kier molecular flexibility index (Phi) is 109. The third kappa shape index (κ3) is 8.99. The maximum Gasteiger partial charge on any atom is 0 e. The molecule has 0 nitrogen and oxygen atoms in total. The fraction of sp³-hybridized carbons (Fsp3) is 0. The van der Waals surface area contributed by atoms with Crippen LogP contribution >= 0.6 is 0 Å². The molecule has 0 amide bonds. The van der Waals surface area contributed by atoms with Crippen molar-refractivity contribution in [2.45, 2.75) is 0 Å². The Labute approximate surface area is 95.8 Å². The Balaban J connectivity index is 0. The normalized spacial score (nSPS) is 0. The van der Waals surface area contributed by atoms with Gasteiger partial charge < -0.3 is 0 Å². The van der Waals surface area contributed by atoms with Crippen molar-refractivity contribution < 1.29 is 72.1 Å². The van der Waals surface area contributed by atoms with E-state index >= 15 is 0 Å². The predicted molar refractivity (Wildman–Crippen MR) is 9.94 cm³/mol.